The number of amides is 1. The van der Waals surface area contributed by atoms with E-state index in [1.807, 2.05) is 6.92 Å². The van der Waals surface area contributed by atoms with Crippen molar-refractivity contribution < 1.29 is 28.3 Å². The number of benzene rings is 1. The van der Waals surface area contributed by atoms with Gasteiger partial charge in [-0.25, -0.2) is 0 Å². The second-order valence-corrected chi connectivity index (χ2v) is 7.91. The molecular formula is C24H21NO6. The number of aryl methyl sites for hydroxylation is 1. The molecule has 3 aromatic rings. The molecule has 5 rings (SSSR count). The third kappa shape index (κ3) is 3.22. The molecule has 2 atom stereocenters. The lowest BCUT2D eigenvalue weighted by atomic mass is 9.97. The number of fused-ring (bicyclic) bond motifs is 1. The Hall–Kier alpha value is -3.74. The van der Waals surface area contributed by atoms with Crippen LogP contribution in [0, 0.1) is 6.92 Å². The maximum Gasteiger partial charge on any atom is 0.296 e. The Labute approximate surface area is 178 Å². The minimum atomic E-state index is -0.859. The molecule has 0 radical (unpaired) electrons. The first-order chi connectivity index (χ1) is 14.9. The van der Waals surface area contributed by atoms with Gasteiger partial charge in [-0.15, -0.1) is 0 Å². The zero-order valence-electron chi connectivity index (χ0n) is 17.1. The highest BCUT2D eigenvalue weighted by Gasteiger charge is 2.48. The summed E-state index contributed by atoms with van der Waals surface area (Å²) in [5.41, 5.74) is 1.41. The standard InChI is InChI=1S/C24H21NO6/c1-13-5-7-19(30-13)21-20(23(27)24(28)25(21)12-17-4-3-9-29-17)22(26)15-6-8-18-16(11-15)10-14(2)31-18/h3-9,11,14,21,26H,10,12H2,1-2H3/t14-,21+/m1/s1. The van der Waals surface area contributed by atoms with Crippen LogP contribution in [0.4, 0.5) is 0 Å². The molecule has 2 aromatic heterocycles. The summed E-state index contributed by atoms with van der Waals surface area (Å²) in [6.07, 6.45) is 2.27. The van der Waals surface area contributed by atoms with Crippen LogP contribution in [0.15, 0.2) is 63.1 Å². The highest BCUT2D eigenvalue weighted by molar-refractivity contribution is 6.46. The van der Waals surface area contributed by atoms with E-state index < -0.39 is 17.7 Å². The molecule has 0 unspecified atom stereocenters. The van der Waals surface area contributed by atoms with Gasteiger partial charge in [0.05, 0.1) is 18.4 Å². The average Bonchev–Trinajstić information content (AvgIpc) is 3.51. The topological polar surface area (TPSA) is 93.1 Å². The monoisotopic (exact) mass is 419 g/mol. The van der Waals surface area contributed by atoms with Gasteiger partial charge in [0.1, 0.15) is 40.9 Å². The fourth-order valence-corrected chi connectivity index (χ4v) is 4.23. The largest absolute Gasteiger partial charge is 0.507 e. The van der Waals surface area contributed by atoms with Gasteiger partial charge in [-0.3, -0.25) is 9.59 Å². The SMILES string of the molecule is Cc1ccc([C@H]2C(=C(O)c3ccc4c(c3)C[C@@H](C)O4)C(=O)C(=O)N2Cc2ccco2)o1. The van der Waals surface area contributed by atoms with Crippen molar-refractivity contribution in [1.29, 1.82) is 0 Å². The second kappa shape index (κ2) is 7.19. The van der Waals surface area contributed by atoms with E-state index in [4.69, 9.17) is 13.6 Å². The van der Waals surface area contributed by atoms with Crippen LogP contribution in [0.25, 0.3) is 5.76 Å². The first-order valence-corrected chi connectivity index (χ1v) is 10.1. The predicted octanol–water partition coefficient (Wildman–Crippen LogP) is 4.13. The Morgan fingerprint density at radius 3 is 2.74 bits per heavy atom. The molecule has 158 valence electrons. The Morgan fingerprint density at radius 2 is 2.03 bits per heavy atom. The molecule has 0 spiro atoms. The van der Waals surface area contributed by atoms with Gasteiger partial charge in [0.15, 0.2) is 0 Å². The molecule has 1 aromatic carbocycles. The van der Waals surface area contributed by atoms with Crippen LogP contribution in [-0.2, 0) is 22.6 Å². The molecule has 4 heterocycles. The molecular weight excluding hydrogens is 398 g/mol. The van der Waals surface area contributed by atoms with Gasteiger partial charge >= 0.3 is 0 Å². The number of aliphatic hydroxyl groups excluding tert-OH is 1. The van der Waals surface area contributed by atoms with Gasteiger partial charge in [0.25, 0.3) is 11.7 Å². The number of Topliss-reactive ketones (excluding diaryl/α,β-unsaturated/α-hetero) is 1. The number of nitrogens with zero attached hydrogens (tertiary/aromatic N) is 1. The first-order valence-electron chi connectivity index (χ1n) is 10.1. The lowest BCUT2D eigenvalue weighted by Gasteiger charge is -2.22. The third-order valence-corrected chi connectivity index (χ3v) is 5.65. The zero-order chi connectivity index (χ0) is 21.7. The molecule has 7 heteroatoms. The molecule has 2 aliphatic rings. The predicted molar refractivity (Wildman–Crippen MR) is 110 cm³/mol. The third-order valence-electron chi connectivity index (χ3n) is 5.65. The summed E-state index contributed by atoms with van der Waals surface area (Å²) in [5, 5.41) is 11.2. The fourth-order valence-electron chi connectivity index (χ4n) is 4.23. The maximum absolute atomic E-state index is 13.0. The quantitative estimate of drug-likeness (QED) is 0.388. The first kappa shape index (κ1) is 19.2. The molecule has 31 heavy (non-hydrogen) atoms. The number of rotatable bonds is 4. The van der Waals surface area contributed by atoms with Crippen molar-refractivity contribution in [3.8, 4) is 5.75 Å². The number of hydrogen-bond donors (Lipinski definition) is 1. The van der Waals surface area contributed by atoms with Crippen LogP contribution < -0.4 is 4.74 Å². The fraction of sp³-hybridized carbons (Fsp3) is 0.250. The van der Waals surface area contributed by atoms with Crippen LogP contribution >= 0.6 is 0 Å². The van der Waals surface area contributed by atoms with Crippen molar-refractivity contribution in [2.45, 2.75) is 39.0 Å². The zero-order valence-corrected chi connectivity index (χ0v) is 17.1. The van der Waals surface area contributed by atoms with Crippen molar-refractivity contribution in [2.24, 2.45) is 0 Å². The number of ketones is 1. The van der Waals surface area contributed by atoms with E-state index in [1.54, 1.807) is 49.4 Å². The molecule has 7 nitrogen and oxygen atoms in total. The molecule has 1 fully saturated rings. The molecule has 0 saturated carbocycles. The number of carbonyl (C=O) groups is 2. The maximum atomic E-state index is 13.0. The van der Waals surface area contributed by atoms with Crippen molar-refractivity contribution in [3.05, 3.63) is 82.7 Å². The van der Waals surface area contributed by atoms with Crippen LogP contribution in [0.3, 0.4) is 0 Å². The van der Waals surface area contributed by atoms with Gasteiger partial charge < -0.3 is 23.6 Å². The number of likely N-dealkylation sites (tertiary alicyclic amines) is 1. The Balaban J connectivity index is 1.62. The van der Waals surface area contributed by atoms with Gasteiger partial charge in [-0.2, -0.15) is 0 Å². The van der Waals surface area contributed by atoms with Crippen molar-refractivity contribution in [2.75, 3.05) is 0 Å². The lowest BCUT2D eigenvalue weighted by molar-refractivity contribution is -0.140. The number of furan rings is 2. The number of aliphatic hydroxyl groups is 1. The highest BCUT2D eigenvalue weighted by Crippen LogP contribution is 2.41. The van der Waals surface area contributed by atoms with E-state index in [0.29, 0.717) is 29.3 Å². The summed E-state index contributed by atoms with van der Waals surface area (Å²) in [4.78, 5) is 27.3. The lowest BCUT2D eigenvalue weighted by Crippen LogP contribution is -2.28. The summed E-state index contributed by atoms with van der Waals surface area (Å²) in [6, 6.07) is 11.3. The average molecular weight is 419 g/mol. The van der Waals surface area contributed by atoms with Crippen LogP contribution in [0.1, 0.15) is 41.4 Å². The molecule has 1 saturated heterocycles. The summed E-state index contributed by atoms with van der Waals surface area (Å²) in [5.74, 6) is 0.634. The van der Waals surface area contributed by atoms with Crippen LogP contribution in [0.5, 0.6) is 5.75 Å². The number of carbonyl (C=O) groups excluding carboxylic acids is 2. The number of ether oxygens (including phenoxy) is 1. The Kier molecular flexibility index (Phi) is 4.46. The van der Waals surface area contributed by atoms with E-state index in [1.165, 1.54) is 11.2 Å². The van der Waals surface area contributed by atoms with Crippen LogP contribution in [0.2, 0.25) is 0 Å². The highest BCUT2D eigenvalue weighted by atomic mass is 16.5. The van der Waals surface area contributed by atoms with Gasteiger partial charge in [0.2, 0.25) is 0 Å². The molecule has 1 amide bonds. The smallest absolute Gasteiger partial charge is 0.296 e. The van der Waals surface area contributed by atoms with Gasteiger partial charge in [0, 0.05) is 12.0 Å². The van der Waals surface area contributed by atoms with Crippen molar-refractivity contribution in [3.63, 3.8) is 0 Å². The minimum Gasteiger partial charge on any atom is -0.507 e. The van der Waals surface area contributed by atoms with E-state index in [2.05, 4.69) is 0 Å². The molecule has 0 bridgehead atoms. The van der Waals surface area contributed by atoms with Gasteiger partial charge in [-0.1, -0.05) is 0 Å². The minimum absolute atomic E-state index is 0.00202. The molecule has 2 aliphatic heterocycles. The van der Waals surface area contributed by atoms with Crippen molar-refractivity contribution >= 4 is 17.4 Å². The van der Waals surface area contributed by atoms with Gasteiger partial charge in [-0.05, 0) is 61.9 Å². The molecule has 1 N–H and O–H groups in total. The normalized spacial score (nSPS) is 22.1. The second-order valence-electron chi connectivity index (χ2n) is 7.91. The summed E-state index contributed by atoms with van der Waals surface area (Å²) >= 11 is 0. The van der Waals surface area contributed by atoms with E-state index in [9.17, 15) is 14.7 Å². The van der Waals surface area contributed by atoms with Crippen LogP contribution in [-0.4, -0.2) is 27.8 Å². The molecule has 0 aliphatic carbocycles. The number of hydrogen-bond acceptors (Lipinski definition) is 6. The summed E-state index contributed by atoms with van der Waals surface area (Å²) < 4.78 is 16.9. The Bertz CT molecular complexity index is 1200. The Morgan fingerprint density at radius 1 is 1.19 bits per heavy atom. The van der Waals surface area contributed by atoms with E-state index in [-0.39, 0.29) is 24.0 Å². The summed E-state index contributed by atoms with van der Waals surface area (Å²) in [7, 11) is 0. The van der Waals surface area contributed by atoms with E-state index in [0.717, 1.165) is 11.3 Å². The summed E-state index contributed by atoms with van der Waals surface area (Å²) in [6.45, 7) is 3.83. The van der Waals surface area contributed by atoms with Crippen molar-refractivity contribution in [1.82, 2.24) is 4.90 Å². The van der Waals surface area contributed by atoms with E-state index >= 15 is 0 Å².